The zero-order valence-corrected chi connectivity index (χ0v) is 14.1. The molecule has 1 aromatic carbocycles. The molecule has 7 heteroatoms. The van der Waals surface area contributed by atoms with Crippen LogP contribution < -0.4 is 11.2 Å². The van der Waals surface area contributed by atoms with Crippen LogP contribution in [0.5, 0.6) is 0 Å². The number of amides is 1. The van der Waals surface area contributed by atoms with E-state index in [4.69, 9.17) is 4.42 Å². The molecule has 0 saturated carbocycles. The van der Waals surface area contributed by atoms with Gasteiger partial charge in [0.25, 0.3) is 5.56 Å². The minimum Gasteiger partial charge on any atom is -0.459 e. The molecule has 0 aliphatic rings. The summed E-state index contributed by atoms with van der Waals surface area (Å²) in [6, 6.07) is 10.5. The summed E-state index contributed by atoms with van der Waals surface area (Å²) in [5.41, 5.74) is -0.324. The Kier molecular flexibility index (Phi) is 4.56. The van der Waals surface area contributed by atoms with E-state index in [1.807, 2.05) is 44.2 Å². The number of fused-ring (bicyclic) bond motifs is 1. The number of aromatic nitrogens is 2. The summed E-state index contributed by atoms with van der Waals surface area (Å²) in [5, 5.41) is 0.977. The van der Waals surface area contributed by atoms with Gasteiger partial charge in [-0.15, -0.1) is 0 Å². The van der Waals surface area contributed by atoms with Crippen LogP contribution in [0.3, 0.4) is 0 Å². The van der Waals surface area contributed by atoms with Gasteiger partial charge in [-0.05, 0) is 26.0 Å². The molecule has 1 atom stereocenters. The highest BCUT2D eigenvalue weighted by Crippen LogP contribution is 2.27. The van der Waals surface area contributed by atoms with Gasteiger partial charge in [-0.1, -0.05) is 18.2 Å². The fourth-order valence-corrected chi connectivity index (χ4v) is 2.83. The lowest BCUT2D eigenvalue weighted by molar-refractivity contribution is -0.134. The number of H-pyrrole nitrogens is 1. The lowest BCUT2D eigenvalue weighted by Crippen LogP contribution is -2.39. The van der Waals surface area contributed by atoms with E-state index in [2.05, 4.69) is 4.98 Å². The smallest absolute Gasteiger partial charge is 0.328 e. The number of furan rings is 1. The van der Waals surface area contributed by atoms with Crippen molar-refractivity contribution in [2.75, 3.05) is 6.54 Å². The molecule has 130 valence electrons. The third-order valence-electron chi connectivity index (χ3n) is 4.19. The van der Waals surface area contributed by atoms with E-state index in [9.17, 15) is 14.4 Å². The average molecular weight is 341 g/mol. The molecule has 0 saturated heterocycles. The van der Waals surface area contributed by atoms with Crippen LogP contribution in [-0.2, 0) is 11.3 Å². The molecule has 2 aromatic heterocycles. The van der Waals surface area contributed by atoms with Crippen LogP contribution in [0.4, 0.5) is 0 Å². The van der Waals surface area contributed by atoms with E-state index in [0.717, 1.165) is 11.0 Å². The Morgan fingerprint density at radius 3 is 2.72 bits per heavy atom. The van der Waals surface area contributed by atoms with Crippen molar-refractivity contribution < 1.29 is 9.21 Å². The number of para-hydroxylation sites is 1. The van der Waals surface area contributed by atoms with E-state index >= 15 is 0 Å². The zero-order chi connectivity index (χ0) is 18.0. The van der Waals surface area contributed by atoms with Crippen molar-refractivity contribution in [3.8, 4) is 0 Å². The van der Waals surface area contributed by atoms with Crippen LogP contribution in [0.25, 0.3) is 11.0 Å². The number of aromatic amines is 1. The molecule has 0 fully saturated rings. The molecule has 0 spiro atoms. The first kappa shape index (κ1) is 16.8. The Morgan fingerprint density at radius 2 is 2.04 bits per heavy atom. The topological polar surface area (TPSA) is 88.3 Å². The Morgan fingerprint density at radius 1 is 1.28 bits per heavy atom. The van der Waals surface area contributed by atoms with E-state index in [-0.39, 0.29) is 18.5 Å². The van der Waals surface area contributed by atoms with Gasteiger partial charge in [0.1, 0.15) is 17.9 Å². The van der Waals surface area contributed by atoms with Crippen LogP contribution in [0, 0.1) is 0 Å². The summed E-state index contributed by atoms with van der Waals surface area (Å²) < 4.78 is 7.02. The van der Waals surface area contributed by atoms with E-state index < -0.39 is 11.2 Å². The summed E-state index contributed by atoms with van der Waals surface area (Å²) in [6.07, 6.45) is 1.32. The number of nitrogens with one attached hydrogen (secondary N) is 1. The minimum absolute atomic E-state index is 0.145. The molecule has 0 bridgehead atoms. The molecule has 25 heavy (non-hydrogen) atoms. The van der Waals surface area contributed by atoms with Crippen molar-refractivity contribution in [3.05, 3.63) is 69.2 Å². The molecule has 3 aromatic rings. The molecule has 1 amide bonds. The molecule has 0 aliphatic carbocycles. The van der Waals surface area contributed by atoms with E-state index in [1.165, 1.54) is 16.8 Å². The molecule has 0 radical (unpaired) electrons. The largest absolute Gasteiger partial charge is 0.459 e. The van der Waals surface area contributed by atoms with Crippen LogP contribution in [0.2, 0.25) is 0 Å². The zero-order valence-electron chi connectivity index (χ0n) is 14.1. The van der Waals surface area contributed by atoms with Gasteiger partial charge in [0.05, 0.1) is 6.04 Å². The van der Waals surface area contributed by atoms with Crippen molar-refractivity contribution in [2.24, 2.45) is 0 Å². The second-order valence-corrected chi connectivity index (χ2v) is 5.78. The number of hydrogen-bond donors (Lipinski definition) is 1. The van der Waals surface area contributed by atoms with Gasteiger partial charge in [-0.2, -0.15) is 0 Å². The summed E-state index contributed by atoms with van der Waals surface area (Å²) in [5.74, 6) is 0.454. The van der Waals surface area contributed by atoms with Crippen LogP contribution in [0.1, 0.15) is 25.6 Å². The van der Waals surface area contributed by atoms with Gasteiger partial charge in [-0.3, -0.25) is 19.1 Å². The van der Waals surface area contributed by atoms with Gasteiger partial charge in [-0.25, -0.2) is 4.79 Å². The second-order valence-electron chi connectivity index (χ2n) is 5.78. The number of likely N-dealkylation sites (N-methyl/N-ethyl adjacent to an activating group) is 1. The Bertz CT molecular complexity index is 982. The number of rotatable bonds is 5. The number of carbonyl (C=O) groups is 1. The average Bonchev–Trinajstić information content (AvgIpc) is 3.02. The van der Waals surface area contributed by atoms with Gasteiger partial charge < -0.3 is 9.32 Å². The van der Waals surface area contributed by atoms with Crippen molar-refractivity contribution in [2.45, 2.75) is 26.4 Å². The third-order valence-corrected chi connectivity index (χ3v) is 4.19. The van der Waals surface area contributed by atoms with Crippen LogP contribution in [-0.4, -0.2) is 26.9 Å². The van der Waals surface area contributed by atoms with E-state index in [0.29, 0.717) is 12.3 Å². The SMILES string of the molecule is CCN(C(=O)Cn1ccc(=O)[nH]c1=O)C(C)c1cc2ccccc2o1. The summed E-state index contributed by atoms with van der Waals surface area (Å²) in [7, 11) is 0. The Hall–Kier alpha value is -3.09. The standard InChI is InChI=1S/C18H19N3O4/c1-3-21(17(23)11-20-9-8-16(22)19-18(20)24)12(2)15-10-13-6-4-5-7-14(13)25-15/h4-10,12H,3,11H2,1-2H3,(H,19,22,24). The van der Waals surface area contributed by atoms with Gasteiger partial charge in [0, 0.05) is 24.2 Å². The maximum absolute atomic E-state index is 12.6. The molecule has 7 nitrogen and oxygen atoms in total. The van der Waals surface area contributed by atoms with Crippen LogP contribution in [0.15, 0.2) is 56.6 Å². The number of carbonyl (C=O) groups excluding carboxylic acids is 1. The highest BCUT2D eigenvalue weighted by molar-refractivity contribution is 5.79. The predicted molar refractivity (Wildman–Crippen MR) is 93.3 cm³/mol. The quantitative estimate of drug-likeness (QED) is 0.767. The highest BCUT2D eigenvalue weighted by Gasteiger charge is 2.23. The molecular formula is C18H19N3O4. The first-order chi connectivity index (χ1) is 12.0. The van der Waals surface area contributed by atoms with Crippen molar-refractivity contribution >= 4 is 16.9 Å². The summed E-state index contributed by atoms with van der Waals surface area (Å²) in [4.78, 5) is 39.3. The van der Waals surface area contributed by atoms with Gasteiger partial charge in [0.2, 0.25) is 5.91 Å². The summed E-state index contributed by atoms with van der Waals surface area (Å²) in [6.45, 7) is 4.07. The molecule has 3 rings (SSSR count). The number of benzene rings is 1. The predicted octanol–water partition coefficient (Wildman–Crippen LogP) is 1.89. The Labute approximate surface area is 143 Å². The lowest BCUT2D eigenvalue weighted by Gasteiger charge is -2.26. The molecular weight excluding hydrogens is 322 g/mol. The first-order valence-electron chi connectivity index (χ1n) is 8.07. The molecule has 0 aliphatic heterocycles. The van der Waals surface area contributed by atoms with Crippen molar-refractivity contribution in [1.29, 1.82) is 0 Å². The third kappa shape index (κ3) is 3.40. The maximum Gasteiger partial charge on any atom is 0.328 e. The van der Waals surface area contributed by atoms with Crippen LogP contribution >= 0.6 is 0 Å². The highest BCUT2D eigenvalue weighted by atomic mass is 16.3. The van der Waals surface area contributed by atoms with Crippen molar-refractivity contribution in [1.82, 2.24) is 14.5 Å². The fourth-order valence-electron chi connectivity index (χ4n) is 2.83. The fraction of sp³-hybridized carbons (Fsp3) is 0.278. The molecule has 1 N–H and O–H groups in total. The van der Waals surface area contributed by atoms with Gasteiger partial charge >= 0.3 is 5.69 Å². The van der Waals surface area contributed by atoms with Crippen molar-refractivity contribution in [3.63, 3.8) is 0 Å². The number of nitrogens with zero attached hydrogens (tertiary/aromatic N) is 2. The number of hydrogen-bond acceptors (Lipinski definition) is 4. The lowest BCUT2D eigenvalue weighted by atomic mass is 10.2. The second kappa shape index (κ2) is 6.80. The van der Waals surface area contributed by atoms with E-state index in [1.54, 1.807) is 4.90 Å². The monoisotopic (exact) mass is 341 g/mol. The summed E-state index contributed by atoms with van der Waals surface area (Å²) >= 11 is 0. The van der Waals surface area contributed by atoms with Gasteiger partial charge in [0.15, 0.2) is 0 Å². The molecule has 2 heterocycles. The first-order valence-corrected chi connectivity index (χ1v) is 8.07. The Balaban J connectivity index is 1.83. The maximum atomic E-state index is 12.6. The minimum atomic E-state index is -0.603. The molecule has 1 unspecified atom stereocenters. The normalized spacial score (nSPS) is 12.2.